The van der Waals surface area contributed by atoms with Crippen molar-refractivity contribution in [3.8, 4) is 22.6 Å². The molecule has 0 atom stereocenters. The number of ether oxygens (including phenoxy) is 2. The molecule has 0 bridgehead atoms. The van der Waals surface area contributed by atoms with E-state index in [1.807, 2.05) is 42.5 Å². The molecule has 5 heteroatoms. The molecule has 3 aromatic rings. The topological polar surface area (TPSA) is 18.5 Å². The van der Waals surface area contributed by atoms with Gasteiger partial charge in [-0.2, -0.15) is 13.2 Å². The van der Waals surface area contributed by atoms with Crippen LogP contribution in [0.25, 0.3) is 21.9 Å². The summed E-state index contributed by atoms with van der Waals surface area (Å²) >= 11 is 0. The van der Waals surface area contributed by atoms with E-state index in [4.69, 9.17) is 9.47 Å². The standard InChI is InChI=1S/C21H17F3O2/c1-2-11-25-19-8-5-15(6-9-19)16-3-4-18-13-20(10-7-17(18)12-16)26-14-21(22,23)24/h2-10,12-13H,1,11,14H2. The van der Waals surface area contributed by atoms with E-state index >= 15 is 0 Å². The number of benzene rings is 3. The maximum absolute atomic E-state index is 12.3. The average molecular weight is 358 g/mol. The Morgan fingerprint density at radius 2 is 1.38 bits per heavy atom. The second-order valence-electron chi connectivity index (χ2n) is 5.75. The minimum atomic E-state index is -4.35. The molecule has 0 spiro atoms. The molecule has 134 valence electrons. The smallest absolute Gasteiger partial charge is 0.422 e. The summed E-state index contributed by atoms with van der Waals surface area (Å²) in [5, 5.41) is 1.74. The van der Waals surface area contributed by atoms with Crippen molar-refractivity contribution in [2.24, 2.45) is 0 Å². The predicted octanol–water partition coefficient (Wildman–Crippen LogP) is 6.01. The molecule has 0 unspecified atom stereocenters. The van der Waals surface area contributed by atoms with Crippen LogP contribution in [0.3, 0.4) is 0 Å². The number of hydrogen-bond donors (Lipinski definition) is 0. The first-order valence-corrected chi connectivity index (χ1v) is 8.02. The average Bonchev–Trinajstić information content (AvgIpc) is 2.64. The minimum Gasteiger partial charge on any atom is -0.490 e. The van der Waals surface area contributed by atoms with Gasteiger partial charge in [-0.1, -0.05) is 43.0 Å². The molecule has 0 aliphatic rings. The molecule has 3 rings (SSSR count). The Morgan fingerprint density at radius 3 is 2.08 bits per heavy atom. The summed E-state index contributed by atoms with van der Waals surface area (Å²) in [5.74, 6) is 0.965. The van der Waals surface area contributed by atoms with Gasteiger partial charge < -0.3 is 9.47 Å². The Bertz CT molecular complexity index is 899. The van der Waals surface area contributed by atoms with Gasteiger partial charge in [-0.3, -0.25) is 0 Å². The van der Waals surface area contributed by atoms with Crippen LogP contribution in [0.1, 0.15) is 0 Å². The Kier molecular flexibility index (Phi) is 5.16. The van der Waals surface area contributed by atoms with Crippen molar-refractivity contribution in [3.05, 3.63) is 73.3 Å². The summed E-state index contributed by atoms with van der Waals surface area (Å²) in [5.41, 5.74) is 2.03. The molecular formula is C21H17F3O2. The van der Waals surface area contributed by atoms with Crippen LogP contribution in [-0.4, -0.2) is 19.4 Å². The molecular weight excluding hydrogens is 341 g/mol. The molecule has 0 saturated carbocycles. The van der Waals surface area contributed by atoms with Gasteiger partial charge in [-0.05, 0) is 52.2 Å². The first kappa shape index (κ1) is 17.9. The largest absolute Gasteiger partial charge is 0.490 e. The summed E-state index contributed by atoms with van der Waals surface area (Å²) in [6.07, 6.45) is -2.66. The lowest BCUT2D eigenvalue weighted by Crippen LogP contribution is -2.19. The van der Waals surface area contributed by atoms with Gasteiger partial charge in [0.1, 0.15) is 18.1 Å². The third kappa shape index (κ3) is 4.57. The summed E-state index contributed by atoms with van der Waals surface area (Å²) in [6, 6.07) is 18.4. The van der Waals surface area contributed by atoms with Crippen LogP contribution in [0.15, 0.2) is 73.3 Å². The monoisotopic (exact) mass is 358 g/mol. The minimum absolute atomic E-state index is 0.200. The molecule has 0 aliphatic heterocycles. The van der Waals surface area contributed by atoms with Gasteiger partial charge in [0.05, 0.1) is 0 Å². The highest BCUT2D eigenvalue weighted by atomic mass is 19.4. The van der Waals surface area contributed by atoms with Crippen molar-refractivity contribution in [2.75, 3.05) is 13.2 Å². The molecule has 0 amide bonds. The third-order valence-corrected chi connectivity index (χ3v) is 3.77. The lowest BCUT2D eigenvalue weighted by Gasteiger charge is -2.10. The van der Waals surface area contributed by atoms with E-state index in [9.17, 15) is 13.2 Å². The van der Waals surface area contributed by atoms with Crippen LogP contribution in [0, 0.1) is 0 Å². The highest BCUT2D eigenvalue weighted by molar-refractivity contribution is 5.88. The molecule has 2 nitrogen and oxygen atoms in total. The van der Waals surface area contributed by atoms with Crippen molar-refractivity contribution in [3.63, 3.8) is 0 Å². The lowest BCUT2D eigenvalue weighted by atomic mass is 10.0. The highest BCUT2D eigenvalue weighted by Crippen LogP contribution is 2.29. The predicted molar refractivity (Wildman–Crippen MR) is 96.6 cm³/mol. The molecule has 0 radical (unpaired) electrons. The fraction of sp³-hybridized carbons (Fsp3) is 0.143. The number of alkyl halides is 3. The zero-order valence-corrected chi connectivity index (χ0v) is 13.9. The first-order valence-electron chi connectivity index (χ1n) is 8.02. The van der Waals surface area contributed by atoms with Crippen molar-refractivity contribution >= 4 is 10.8 Å². The van der Waals surface area contributed by atoms with E-state index in [0.29, 0.717) is 6.61 Å². The van der Waals surface area contributed by atoms with Crippen molar-refractivity contribution < 1.29 is 22.6 Å². The molecule has 0 aliphatic carbocycles. The SMILES string of the molecule is C=CCOc1ccc(-c2ccc3cc(OCC(F)(F)F)ccc3c2)cc1. The lowest BCUT2D eigenvalue weighted by molar-refractivity contribution is -0.153. The summed E-state index contributed by atoms with van der Waals surface area (Å²) in [6.45, 7) is 2.77. The van der Waals surface area contributed by atoms with Crippen LogP contribution < -0.4 is 9.47 Å². The van der Waals surface area contributed by atoms with Gasteiger partial charge in [0.15, 0.2) is 6.61 Å². The zero-order chi connectivity index (χ0) is 18.6. The molecule has 3 aromatic carbocycles. The normalized spacial score (nSPS) is 11.3. The van der Waals surface area contributed by atoms with Gasteiger partial charge in [0.25, 0.3) is 0 Å². The molecule has 0 saturated heterocycles. The number of fused-ring (bicyclic) bond motifs is 1. The molecule has 0 heterocycles. The molecule has 0 aromatic heterocycles. The molecule has 0 N–H and O–H groups in total. The third-order valence-electron chi connectivity index (χ3n) is 3.77. The number of rotatable bonds is 6. The highest BCUT2D eigenvalue weighted by Gasteiger charge is 2.28. The Morgan fingerprint density at radius 1 is 0.769 bits per heavy atom. The van der Waals surface area contributed by atoms with E-state index in [0.717, 1.165) is 27.6 Å². The van der Waals surface area contributed by atoms with Crippen molar-refractivity contribution in [2.45, 2.75) is 6.18 Å². The zero-order valence-electron chi connectivity index (χ0n) is 13.9. The van der Waals surface area contributed by atoms with E-state index < -0.39 is 12.8 Å². The fourth-order valence-corrected chi connectivity index (χ4v) is 2.56. The van der Waals surface area contributed by atoms with Crippen molar-refractivity contribution in [1.82, 2.24) is 0 Å². The summed E-state index contributed by atoms with van der Waals surface area (Å²) < 4.78 is 47.0. The van der Waals surface area contributed by atoms with E-state index in [2.05, 4.69) is 6.58 Å². The van der Waals surface area contributed by atoms with Gasteiger partial charge in [0.2, 0.25) is 0 Å². The van der Waals surface area contributed by atoms with Crippen LogP contribution in [-0.2, 0) is 0 Å². The Balaban J connectivity index is 1.79. The number of halogens is 3. The summed E-state index contributed by atoms with van der Waals surface area (Å²) in [4.78, 5) is 0. The van der Waals surface area contributed by atoms with Crippen LogP contribution in [0.2, 0.25) is 0 Å². The van der Waals surface area contributed by atoms with E-state index in [1.54, 1.807) is 24.3 Å². The fourth-order valence-electron chi connectivity index (χ4n) is 2.56. The van der Waals surface area contributed by atoms with Crippen molar-refractivity contribution in [1.29, 1.82) is 0 Å². The van der Waals surface area contributed by atoms with Gasteiger partial charge in [0, 0.05) is 0 Å². The quantitative estimate of drug-likeness (QED) is 0.502. The molecule has 26 heavy (non-hydrogen) atoms. The second-order valence-corrected chi connectivity index (χ2v) is 5.75. The van der Waals surface area contributed by atoms with Gasteiger partial charge >= 0.3 is 6.18 Å². The Hall–Kier alpha value is -2.95. The summed E-state index contributed by atoms with van der Waals surface area (Å²) in [7, 11) is 0. The number of hydrogen-bond acceptors (Lipinski definition) is 2. The van der Waals surface area contributed by atoms with Crippen LogP contribution in [0.5, 0.6) is 11.5 Å². The first-order chi connectivity index (χ1) is 12.4. The Labute approximate surface area is 149 Å². The van der Waals surface area contributed by atoms with Gasteiger partial charge in [-0.15, -0.1) is 0 Å². The van der Waals surface area contributed by atoms with Gasteiger partial charge in [-0.25, -0.2) is 0 Å². The van der Waals surface area contributed by atoms with Crippen LogP contribution >= 0.6 is 0 Å². The van der Waals surface area contributed by atoms with Crippen LogP contribution in [0.4, 0.5) is 13.2 Å². The van der Waals surface area contributed by atoms with E-state index in [1.165, 1.54) is 0 Å². The molecule has 0 fully saturated rings. The maximum Gasteiger partial charge on any atom is 0.422 e. The second kappa shape index (κ2) is 7.52. The van der Waals surface area contributed by atoms with E-state index in [-0.39, 0.29) is 5.75 Å². The maximum atomic E-state index is 12.3.